The molecule has 0 amide bonds. The van der Waals surface area contributed by atoms with E-state index in [1.807, 2.05) is 0 Å². The van der Waals surface area contributed by atoms with Gasteiger partial charge in [-0.2, -0.15) is 0 Å². The first-order chi connectivity index (χ1) is 6.87. The van der Waals surface area contributed by atoms with E-state index in [0.29, 0.717) is 5.41 Å². The Balaban J connectivity index is 2.12. The molecule has 1 aromatic rings. The predicted molar refractivity (Wildman–Crippen MR) is 60.5 cm³/mol. The standard InChI is InChI=1S/C13H19N/c1-2-14-11-13(9-6-10-13)12-7-4-3-5-8-12/h3-5,7-8,14H,2,6,9-11H2,1H3. The summed E-state index contributed by atoms with van der Waals surface area (Å²) >= 11 is 0. The fourth-order valence-electron chi connectivity index (χ4n) is 2.33. The Morgan fingerprint density at radius 2 is 1.93 bits per heavy atom. The van der Waals surface area contributed by atoms with Gasteiger partial charge in [0.15, 0.2) is 0 Å². The fourth-order valence-corrected chi connectivity index (χ4v) is 2.33. The number of likely N-dealkylation sites (N-methyl/N-ethyl adjacent to an activating group) is 1. The van der Waals surface area contributed by atoms with Crippen LogP contribution in [-0.2, 0) is 5.41 Å². The normalized spacial score (nSPS) is 18.9. The zero-order valence-electron chi connectivity index (χ0n) is 8.92. The predicted octanol–water partition coefficient (Wildman–Crippen LogP) is 2.72. The molecule has 1 aliphatic rings. The zero-order valence-corrected chi connectivity index (χ0v) is 8.92. The highest BCUT2D eigenvalue weighted by molar-refractivity contribution is 5.28. The van der Waals surface area contributed by atoms with Gasteiger partial charge in [0.05, 0.1) is 0 Å². The van der Waals surface area contributed by atoms with Gasteiger partial charge < -0.3 is 5.32 Å². The van der Waals surface area contributed by atoms with Crippen LogP contribution in [0, 0.1) is 0 Å². The average Bonchev–Trinajstić information content (AvgIpc) is 2.18. The van der Waals surface area contributed by atoms with Crippen molar-refractivity contribution in [2.75, 3.05) is 13.1 Å². The van der Waals surface area contributed by atoms with E-state index in [4.69, 9.17) is 0 Å². The van der Waals surface area contributed by atoms with E-state index in [2.05, 4.69) is 42.6 Å². The summed E-state index contributed by atoms with van der Waals surface area (Å²) in [6.45, 7) is 4.40. The molecular weight excluding hydrogens is 170 g/mol. The van der Waals surface area contributed by atoms with Gasteiger partial charge >= 0.3 is 0 Å². The molecule has 0 radical (unpaired) electrons. The summed E-state index contributed by atoms with van der Waals surface area (Å²) in [5, 5.41) is 3.49. The highest BCUT2D eigenvalue weighted by Gasteiger charge is 2.37. The van der Waals surface area contributed by atoms with Crippen LogP contribution in [0.3, 0.4) is 0 Å². The summed E-state index contributed by atoms with van der Waals surface area (Å²) in [6.07, 6.45) is 4.09. The largest absolute Gasteiger partial charge is 0.316 e. The van der Waals surface area contributed by atoms with E-state index in [1.165, 1.54) is 24.8 Å². The van der Waals surface area contributed by atoms with Crippen LogP contribution in [0.1, 0.15) is 31.7 Å². The maximum absolute atomic E-state index is 3.49. The van der Waals surface area contributed by atoms with Gasteiger partial charge in [0, 0.05) is 12.0 Å². The molecule has 76 valence electrons. The molecule has 1 nitrogen and oxygen atoms in total. The number of nitrogens with one attached hydrogen (secondary N) is 1. The average molecular weight is 189 g/mol. The summed E-state index contributed by atoms with van der Waals surface area (Å²) in [5.74, 6) is 0. The molecule has 1 aromatic carbocycles. The van der Waals surface area contributed by atoms with Crippen molar-refractivity contribution in [3.05, 3.63) is 35.9 Å². The Bertz CT molecular complexity index is 275. The monoisotopic (exact) mass is 189 g/mol. The fraction of sp³-hybridized carbons (Fsp3) is 0.538. The van der Waals surface area contributed by atoms with E-state index in [9.17, 15) is 0 Å². The molecule has 0 unspecified atom stereocenters. The lowest BCUT2D eigenvalue weighted by molar-refractivity contribution is 0.235. The van der Waals surface area contributed by atoms with E-state index in [1.54, 1.807) is 0 Å². The topological polar surface area (TPSA) is 12.0 Å². The third-order valence-corrected chi connectivity index (χ3v) is 3.41. The highest BCUT2D eigenvalue weighted by atomic mass is 14.9. The number of rotatable bonds is 4. The lowest BCUT2D eigenvalue weighted by Gasteiger charge is -2.42. The molecule has 0 bridgehead atoms. The van der Waals surface area contributed by atoms with Gasteiger partial charge in [-0.3, -0.25) is 0 Å². The van der Waals surface area contributed by atoms with Crippen LogP contribution in [0.25, 0.3) is 0 Å². The minimum Gasteiger partial charge on any atom is -0.316 e. The molecule has 1 heteroatoms. The van der Waals surface area contributed by atoms with Crippen molar-refractivity contribution in [3.63, 3.8) is 0 Å². The van der Waals surface area contributed by atoms with Gasteiger partial charge in [0.1, 0.15) is 0 Å². The highest BCUT2D eigenvalue weighted by Crippen LogP contribution is 2.42. The molecule has 1 N–H and O–H groups in total. The molecule has 1 aliphatic carbocycles. The van der Waals surface area contributed by atoms with E-state index < -0.39 is 0 Å². The van der Waals surface area contributed by atoms with Crippen LogP contribution in [0.5, 0.6) is 0 Å². The van der Waals surface area contributed by atoms with Crippen LogP contribution in [0.2, 0.25) is 0 Å². The van der Waals surface area contributed by atoms with Crippen LogP contribution >= 0.6 is 0 Å². The van der Waals surface area contributed by atoms with Gasteiger partial charge in [0.25, 0.3) is 0 Å². The van der Waals surface area contributed by atoms with Crippen LogP contribution < -0.4 is 5.32 Å². The van der Waals surface area contributed by atoms with Crippen molar-refractivity contribution in [1.29, 1.82) is 0 Å². The van der Waals surface area contributed by atoms with E-state index in [0.717, 1.165) is 13.1 Å². The van der Waals surface area contributed by atoms with Gasteiger partial charge in [-0.25, -0.2) is 0 Å². The number of hydrogen-bond acceptors (Lipinski definition) is 1. The summed E-state index contributed by atoms with van der Waals surface area (Å²) < 4.78 is 0. The van der Waals surface area contributed by atoms with E-state index in [-0.39, 0.29) is 0 Å². The van der Waals surface area contributed by atoms with Gasteiger partial charge in [-0.1, -0.05) is 43.7 Å². The van der Waals surface area contributed by atoms with Crippen LogP contribution in [0.4, 0.5) is 0 Å². The smallest absolute Gasteiger partial charge is 0.00777 e. The second kappa shape index (κ2) is 4.14. The van der Waals surface area contributed by atoms with Crippen LogP contribution in [-0.4, -0.2) is 13.1 Å². The number of hydrogen-bond donors (Lipinski definition) is 1. The van der Waals surface area contributed by atoms with Crippen LogP contribution in [0.15, 0.2) is 30.3 Å². The van der Waals surface area contributed by atoms with Crippen molar-refractivity contribution in [3.8, 4) is 0 Å². The maximum Gasteiger partial charge on any atom is 0.00777 e. The summed E-state index contributed by atoms with van der Waals surface area (Å²) in [7, 11) is 0. The second-order valence-electron chi connectivity index (χ2n) is 4.28. The van der Waals surface area contributed by atoms with Crippen molar-refractivity contribution in [2.45, 2.75) is 31.6 Å². The van der Waals surface area contributed by atoms with E-state index >= 15 is 0 Å². The molecule has 0 saturated heterocycles. The SMILES string of the molecule is CCNCC1(c2ccccc2)CCC1. The molecular formula is C13H19N. The van der Waals surface area contributed by atoms with Crippen molar-refractivity contribution < 1.29 is 0 Å². The molecule has 1 fully saturated rings. The summed E-state index contributed by atoms with van der Waals surface area (Å²) in [5.41, 5.74) is 1.98. The Morgan fingerprint density at radius 1 is 1.21 bits per heavy atom. The summed E-state index contributed by atoms with van der Waals surface area (Å²) in [6, 6.07) is 11.0. The first-order valence-electron chi connectivity index (χ1n) is 5.64. The Kier molecular flexibility index (Phi) is 2.87. The Labute approximate surface area is 86.5 Å². The van der Waals surface area contributed by atoms with Crippen molar-refractivity contribution >= 4 is 0 Å². The number of benzene rings is 1. The third-order valence-electron chi connectivity index (χ3n) is 3.41. The quantitative estimate of drug-likeness (QED) is 0.768. The molecule has 0 heterocycles. The lowest BCUT2D eigenvalue weighted by atomic mass is 9.64. The maximum atomic E-state index is 3.49. The first-order valence-corrected chi connectivity index (χ1v) is 5.64. The Hall–Kier alpha value is -0.820. The van der Waals surface area contributed by atoms with Crippen molar-refractivity contribution in [1.82, 2.24) is 5.32 Å². The molecule has 0 aromatic heterocycles. The third kappa shape index (κ3) is 1.69. The molecule has 0 spiro atoms. The minimum atomic E-state index is 0.456. The van der Waals surface area contributed by atoms with Gasteiger partial charge in [-0.15, -0.1) is 0 Å². The van der Waals surface area contributed by atoms with Gasteiger partial charge in [-0.05, 0) is 24.9 Å². The molecule has 0 atom stereocenters. The molecule has 1 saturated carbocycles. The molecule has 0 aliphatic heterocycles. The molecule has 2 rings (SSSR count). The van der Waals surface area contributed by atoms with Crippen molar-refractivity contribution in [2.24, 2.45) is 0 Å². The first kappa shape index (κ1) is 9.72. The summed E-state index contributed by atoms with van der Waals surface area (Å²) in [4.78, 5) is 0. The van der Waals surface area contributed by atoms with Gasteiger partial charge in [0.2, 0.25) is 0 Å². The minimum absolute atomic E-state index is 0.456. The second-order valence-corrected chi connectivity index (χ2v) is 4.28. The Morgan fingerprint density at radius 3 is 2.43 bits per heavy atom. The lowest BCUT2D eigenvalue weighted by Crippen LogP contribution is -2.43. The molecule has 14 heavy (non-hydrogen) atoms. The zero-order chi connectivity index (χ0) is 9.86.